The maximum absolute atomic E-state index is 12.7. The van der Waals surface area contributed by atoms with Crippen LogP contribution in [0.25, 0.3) is 11.0 Å². The Labute approximate surface area is 187 Å². The molecule has 1 N–H and O–H groups in total. The summed E-state index contributed by atoms with van der Waals surface area (Å²) in [7, 11) is 0. The fourth-order valence-electron chi connectivity index (χ4n) is 4.77. The number of rotatable bonds is 5. The van der Waals surface area contributed by atoms with Gasteiger partial charge in [-0.3, -0.25) is 4.79 Å². The molecule has 2 aliphatic rings. The first-order chi connectivity index (χ1) is 15.8. The molecular weight excluding hydrogens is 404 g/mol. The third-order valence-corrected chi connectivity index (χ3v) is 6.48. The first kappa shape index (κ1) is 20.7. The molecule has 2 fully saturated rings. The molecule has 0 aromatic carbocycles. The minimum atomic E-state index is 0.00559. The van der Waals surface area contributed by atoms with Gasteiger partial charge in [0.2, 0.25) is 5.91 Å². The highest BCUT2D eigenvalue weighted by Crippen LogP contribution is 2.25. The van der Waals surface area contributed by atoms with Crippen LogP contribution in [0.1, 0.15) is 38.5 Å². The molecule has 4 heterocycles. The first-order valence-electron chi connectivity index (χ1n) is 11.6. The lowest BCUT2D eigenvalue weighted by atomic mass is 10.1. The summed E-state index contributed by atoms with van der Waals surface area (Å²) in [5.41, 5.74) is 0.707. The summed E-state index contributed by atoms with van der Waals surface area (Å²) < 4.78 is 1.69. The van der Waals surface area contributed by atoms with Gasteiger partial charge in [0, 0.05) is 38.4 Å². The largest absolute Gasteiger partial charge is 0.353 e. The number of carbonyl (C=O) groups is 1. The van der Waals surface area contributed by atoms with Crippen molar-refractivity contribution in [1.82, 2.24) is 30.0 Å². The topological polar surface area (TPSA) is 92.1 Å². The molecular formula is C23H30N8O. The number of piperazine rings is 1. The van der Waals surface area contributed by atoms with Gasteiger partial charge in [-0.2, -0.15) is 5.10 Å². The van der Waals surface area contributed by atoms with Crippen LogP contribution in [-0.2, 0) is 11.3 Å². The molecule has 0 atom stereocenters. The van der Waals surface area contributed by atoms with Crippen molar-refractivity contribution >= 4 is 28.6 Å². The number of nitrogens with zero attached hydrogens (tertiary/aromatic N) is 7. The number of amides is 1. The van der Waals surface area contributed by atoms with E-state index in [1.54, 1.807) is 17.2 Å². The molecule has 32 heavy (non-hydrogen) atoms. The quantitative estimate of drug-likeness (QED) is 0.617. The minimum absolute atomic E-state index is 0.00559. The highest BCUT2D eigenvalue weighted by Gasteiger charge is 2.23. The summed E-state index contributed by atoms with van der Waals surface area (Å²) in [5, 5.41) is 8.56. The SMILES string of the molecule is O=C(Cn1ncc2c(N3CCN(c4ccccn4)CC3)ncnc21)NC1CCCCCC1. The predicted octanol–water partition coefficient (Wildman–Crippen LogP) is 2.39. The standard InChI is InChI=1S/C23H30N8O/c32-21(28-18-7-3-1-2-4-8-18)16-31-23-19(15-27-31)22(25-17-26-23)30-13-11-29(12-14-30)20-9-5-6-10-24-20/h5-6,9-10,15,17-18H,1-4,7-8,11-14,16H2,(H,28,32). The number of anilines is 2. The highest BCUT2D eigenvalue weighted by molar-refractivity contribution is 5.88. The van der Waals surface area contributed by atoms with Crippen LogP contribution >= 0.6 is 0 Å². The molecule has 0 bridgehead atoms. The molecule has 0 radical (unpaired) electrons. The van der Waals surface area contributed by atoms with Crippen LogP contribution in [0.3, 0.4) is 0 Å². The van der Waals surface area contributed by atoms with E-state index in [1.807, 2.05) is 24.4 Å². The normalized spacial score (nSPS) is 18.0. The van der Waals surface area contributed by atoms with Crippen molar-refractivity contribution in [3.05, 3.63) is 36.9 Å². The van der Waals surface area contributed by atoms with Gasteiger partial charge in [-0.25, -0.2) is 19.6 Å². The Kier molecular flexibility index (Phi) is 6.13. The second kappa shape index (κ2) is 9.50. The lowest BCUT2D eigenvalue weighted by Crippen LogP contribution is -2.47. The van der Waals surface area contributed by atoms with Crippen LogP contribution in [0.5, 0.6) is 0 Å². The summed E-state index contributed by atoms with van der Waals surface area (Å²) in [6, 6.07) is 6.28. The molecule has 3 aromatic heterocycles. The van der Waals surface area contributed by atoms with Crippen molar-refractivity contribution in [2.24, 2.45) is 0 Å². The van der Waals surface area contributed by atoms with E-state index >= 15 is 0 Å². The molecule has 1 aliphatic carbocycles. The van der Waals surface area contributed by atoms with Gasteiger partial charge in [-0.15, -0.1) is 0 Å². The fraction of sp³-hybridized carbons (Fsp3) is 0.522. The average Bonchev–Trinajstić information content (AvgIpc) is 3.06. The fourth-order valence-corrected chi connectivity index (χ4v) is 4.77. The Balaban J connectivity index is 1.26. The summed E-state index contributed by atoms with van der Waals surface area (Å²) in [4.78, 5) is 30.7. The van der Waals surface area contributed by atoms with E-state index in [4.69, 9.17) is 0 Å². The Bertz CT molecular complexity index is 1040. The molecule has 0 unspecified atom stereocenters. The number of aromatic nitrogens is 5. The third kappa shape index (κ3) is 4.51. The number of nitrogens with one attached hydrogen (secondary N) is 1. The summed E-state index contributed by atoms with van der Waals surface area (Å²) >= 11 is 0. The van der Waals surface area contributed by atoms with Gasteiger partial charge in [-0.05, 0) is 25.0 Å². The van der Waals surface area contributed by atoms with Gasteiger partial charge < -0.3 is 15.1 Å². The van der Waals surface area contributed by atoms with E-state index in [1.165, 1.54) is 25.7 Å². The Morgan fingerprint density at radius 3 is 2.50 bits per heavy atom. The van der Waals surface area contributed by atoms with Crippen molar-refractivity contribution in [3.8, 4) is 0 Å². The molecule has 5 rings (SSSR count). The molecule has 1 saturated carbocycles. The van der Waals surface area contributed by atoms with Gasteiger partial charge in [-0.1, -0.05) is 31.7 Å². The molecule has 3 aromatic rings. The van der Waals surface area contributed by atoms with Crippen molar-refractivity contribution in [2.45, 2.75) is 51.1 Å². The van der Waals surface area contributed by atoms with Crippen LogP contribution < -0.4 is 15.1 Å². The molecule has 9 heteroatoms. The van der Waals surface area contributed by atoms with Crippen LogP contribution in [0.15, 0.2) is 36.9 Å². The average molecular weight is 435 g/mol. The molecule has 0 spiro atoms. The van der Waals surface area contributed by atoms with E-state index in [9.17, 15) is 4.79 Å². The van der Waals surface area contributed by atoms with E-state index in [0.29, 0.717) is 5.65 Å². The van der Waals surface area contributed by atoms with Crippen LogP contribution in [0, 0.1) is 0 Å². The minimum Gasteiger partial charge on any atom is -0.353 e. The number of pyridine rings is 1. The second-order valence-corrected chi connectivity index (χ2v) is 8.65. The maximum atomic E-state index is 12.7. The van der Waals surface area contributed by atoms with Gasteiger partial charge in [0.05, 0.1) is 11.6 Å². The Morgan fingerprint density at radius 1 is 0.969 bits per heavy atom. The van der Waals surface area contributed by atoms with Crippen LogP contribution in [-0.4, -0.2) is 62.9 Å². The smallest absolute Gasteiger partial charge is 0.242 e. The van der Waals surface area contributed by atoms with Crippen molar-refractivity contribution < 1.29 is 4.79 Å². The molecule has 1 amide bonds. The lowest BCUT2D eigenvalue weighted by molar-refractivity contribution is -0.122. The molecule has 168 valence electrons. The second-order valence-electron chi connectivity index (χ2n) is 8.65. The maximum Gasteiger partial charge on any atom is 0.242 e. The van der Waals surface area contributed by atoms with Crippen LogP contribution in [0.4, 0.5) is 11.6 Å². The van der Waals surface area contributed by atoms with Crippen molar-refractivity contribution in [2.75, 3.05) is 36.0 Å². The summed E-state index contributed by atoms with van der Waals surface area (Å²) in [6.45, 7) is 3.62. The van der Waals surface area contributed by atoms with Gasteiger partial charge in [0.25, 0.3) is 0 Å². The highest BCUT2D eigenvalue weighted by atomic mass is 16.2. The van der Waals surface area contributed by atoms with E-state index in [0.717, 1.165) is 56.0 Å². The van der Waals surface area contributed by atoms with Gasteiger partial charge >= 0.3 is 0 Å². The molecule has 1 aliphatic heterocycles. The predicted molar refractivity (Wildman–Crippen MR) is 124 cm³/mol. The van der Waals surface area contributed by atoms with Gasteiger partial charge in [0.15, 0.2) is 5.65 Å². The van der Waals surface area contributed by atoms with Crippen molar-refractivity contribution in [1.29, 1.82) is 0 Å². The Morgan fingerprint density at radius 2 is 1.75 bits per heavy atom. The number of fused-ring (bicyclic) bond motifs is 1. The number of carbonyl (C=O) groups excluding carboxylic acids is 1. The lowest BCUT2D eigenvalue weighted by Gasteiger charge is -2.36. The summed E-state index contributed by atoms with van der Waals surface area (Å²) in [6.07, 6.45) is 12.3. The number of hydrogen-bond acceptors (Lipinski definition) is 7. The zero-order valence-corrected chi connectivity index (χ0v) is 18.4. The zero-order chi connectivity index (χ0) is 21.8. The molecule has 1 saturated heterocycles. The Hall–Kier alpha value is -3.23. The van der Waals surface area contributed by atoms with Gasteiger partial charge in [0.1, 0.15) is 24.5 Å². The van der Waals surface area contributed by atoms with E-state index < -0.39 is 0 Å². The first-order valence-corrected chi connectivity index (χ1v) is 11.6. The van der Waals surface area contributed by atoms with Crippen molar-refractivity contribution in [3.63, 3.8) is 0 Å². The van der Waals surface area contributed by atoms with E-state index in [-0.39, 0.29) is 18.5 Å². The third-order valence-electron chi connectivity index (χ3n) is 6.48. The summed E-state index contributed by atoms with van der Waals surface area (Å²) in [5.74, 6) is 1.89. The monoisotopic (exact) mass is 434 g/mol. The van der Waals surface area contributed by atoms with Crippen LogP contribution in [0.2, 0.25) is 0 Å². The zero-order valence-electron chi connectivity index (χ0n) is 18.4. The number of hydrogen-bond donors (Lipinski definition) is 1. The molecule has 9 nitrogen and oxygen atoms in total. The van der Waals surface area contributed by atoms with E-state index in [2.05, 4.69) is 35.2 Å².